The van der Waals surface area contributed by atoms with Gasteiger partial charge in [-0.05, 0) is 24.5 Å². The van der Waals surface area contributed by atoms with E-state index >= 15 is 0 Å². The molecule has 0 spiro atoms. The lowest BCUT2D eigenvalue weighted by Crippen LogP contribution is -2.22. The SMILES string of the molecule is Nc1cccn(CCC2CCCC2)c1=O. The molecule has 0 unspecified atom stereocenters. The molecule has 0 bridgehead atoms. The van der Waals surface area contributed by atoms with E-state index in [1.807, 2.05) is 12.3 Å². The molecule has 0 aliphatic heterocycles. The summed E-state index contributed by atoms with van der Waals surface area (Å²) < 4.78 is 1.73. The molecule has 1 fully saturated rings. The van der Waals surface area contributed by atoms with Gasteiger partial charge < -0.3 is 10.3 Å². The zero-order chi connectivity index (χ0) is 10.7. The number of rotatable bonds is 3. The van der Waals surface area contributed by atoms with Crippen molar-refractivity contribution in [3.05, 3.63) is 28.7 Å². The number of hydrogen-bond acceptors (Lipinski definition) is 2. The molecule has 2 N–H and O–H groups in total. The van der Waals surface area contributed by atoms with Crippen molar-refractivity contribution in [1.82, 2.24) is 4.57 Å². The molecule has 1 heterocycles. The smallest absolute Gasteiger partial charge is 0.273 e. The number of aromatic nitrogens is 1. The Hall–Kier alpha value is -1.25. The van der Waals surface area contributed by atoms with Crippen LogP contribution in [0.3, 0.4) is 0 Å². The molecule has 0 saturated heterocycles. The van der Waals surface area contributed by atoms with Gasteiger partial charge >= 0.3 is 0 Å². The molecular weight excluding hydrogens is 188 g/mol. The first-order valence-corrected chi connectivity index (χ1v) is 5.72. The summed E-state index contributed by atoms with van der Waals surface area (Å²) >= 11 is 0. The van der Waals surface area contributed by atoms with E-state index in [0.29, 0.717) is 5.69 Å². The zero-order valence-electron chi connectivity index (χ0n) is 8.98. The van der Waals surface area contributed by atoms with Gasteiger partial charge in [0.15, 0.2) is 0 Å². The summed E-state index contributed by atoms with van der Waals surface area (Å²) in [6.45, 7) is 0.814. The molecule has 0 aromatic carbocycles. The lowest BCUT2D eigenvalue weighted by Gasteiger charge is -2.10. The summed E-state index contributed by atoms with van der Waals surface area (Å²) in [5.74, 6) is 0.818. The number of aryl methyl sites for hydroxylation is 1. The zero-order valence-corrected chi connectivity index (χ0v) is 8.98. The fourth-order valence-electron chi connectivity index (χ4n) is 2.35. The van der Waals surface area contributed by atoms with Crippen molar-refractivity contribution >= 4 is 5.69 Å². The van der Waals surface area contributed by atoms with E-state index in [9.17, 15) is 4.79 Å². The Morgan fingerprint density at radius 1 is 1.40 bits per heavy atom. The topological polar surface area (TPSA) is 48.0 Å². The Balaban J connectivity index is 1.98. The highest BCUT2D eigenvalue weighted by molar-refractivity contribution is 5.33. The average molecular weight is 206 g/mol. The van der Waals surface area contributed by atoms with Gasteiger partial charge in [0, 0.05) is 12.7 Å². The quantitative estimate of drug-likeness (QED) is 0.822. The molecule has 1 saturated carbocycles. The lowest BCUT2D eigenvalue weighted by atomic mass is 10.0. The third-order valence-electron chi connectivity index (χ3n) is 3.30. The molecule has 1 aromatic rings. The van der Waals surface area contributed by atoms with Gasteiger partial charge in [-0.25, -0.2) is 0 Å². The van der Waals surface area contributed by atoms with Crippen molar-refractivity contribution in [3.63, 3.8) is 0 Å². The highest BCUT2D eigenvalue weighted by Gasteiger charge is 2.14. The van der Waals surface area contributed by atoms with Crippen LogP contribution in [0.4, 0.5) is 5.69 Å². The van der Waals surface area contributed by atoms with Crippen LogP contribution in [0.1, 0.15) is 32.1 Å². The second-order valence-corrected chi connectivity index (χ2v) is 4.40. The molecule has 1 aromatic heterocycles. The Morgan fingerprint density at radius 3 is 2.87 bits per heavy atom. The monoisotopic (exact) mass is 206 g/mol. The van der Waals surface area contributed by atoms with E-state index in [4.69, 9.17) is 5.73 Å². The van der Waals surface area contributed by atoms with Crippen molar-refractivity contribution in [2.24, 2.45) is 5.92 Å². The summed E-state index contributed by atoms with van der Waals surface area (Å²) in [5, 5.41) is 0. The maximum absolute atomic E-state index is 11.6. The van der Waals surface area contributed by atoms with Crippen molar-refractivity contribution in [2.45, 2.75) is 38.6 Å². The normalized spacial score (nSPS) is 17.1. The van der Waals surface area contributed by atoms with Gasteiger partial charge in [-0.15, -0.1) is 0 Å². The summed E-state index contributed by atoms with van der Waals surface area (Å²) in [6.07, 6.45) is 8.32. The number of nitrogens with zero attached hydrogens (tertiary/aromatic N) is 1. The number of hydrogen-bond donors (Lipinski definition) is 1. The first kappa shape index (κ1) is 10.3. The van der Waals surface area contributed by atoms with Crippen LogP contribution in [0.2, 0.25) is 0 Å². The fourth-order valence-corrected chi connectivity index (χ4v) is 2.35. The van der Waals surface area contributed by atoms with Crippen molar-refractivity contribution in [2.75, 3.05) is 5.73 Å². The third kappa shape index (κ3) is 2.41. The highest BCUT2D eigenvalue weighted by Crippen LogP contribution is 2.27. The second kappa shape index (κ2) is 4.51. The molecule has 2 rings (SSSR count). The fraction of sp³-hybridized carbons (Fsp3) is 0.583. The Kier molecular flexibility index (Phi) is 3.09. The van der Waals surface area contributed by atoms with E-state index in [2.05, 4.69) is 0 Å². The van der Waals surface area contributed by atoms with Crippen molar-refractivity contribution in [3.8, 4) is 0 Å². The molecule has 0 amide bonds. The van der Waals surface area contributed by atoms with Crippen LogP contribution >= 0.6 is 0 Å². The van der Waals surface area contributed by atoms with Gasteiger partial charge in [0.1, 0.15) is 0 Å². The van der Waals surface area contributed by atoms with E-state index in [-0.39, 0.29) is 5.56 Å². The minimum atomic E-state index is -0.0458. The third-order valence-corrected chi connectivity index (χ3v) is 3.30. The standard InChI is InChI=1S/C12H18N2O/c13-11-6-3-8-14(12(11)15)9-7-10-4-1-2-5-10/h3,6,8,10H,1-2,4-5,7,9,13H2. The first-order valence-electron chi connectivity index (χ1n) is 5.72. The van der Waals surface area contributed by atoms with Crippen LogP contribution in [-0.4, -0.2) is 4.57 Å². The van der Waals surface area contributed by atoms with E-state index in [0.717, 1.165) is 18.9 Å². The predicted molar refractivity (Wildman–Crippen MR) is 61.7 cm³/mol. The summed E-state index contributed by atoms with van der Waals surface area (Å²) in [5.41, 5.74) is 5.88. The minimum absolute atomic E-state index is 0.0458. The molecule has 0 radical (unpaired) electrons. The second-order valence-electron chi connectivity index (χ2n) is 4.40. The summed E-state index contributed by atoms with van der Waals surface area (Å²) in [7, 11) is 0. The van der Waals surface area contributed by atoms with Gasteiger partial charge in [0.05, 0.1) is 5.69 Å². The van der Waals surface area contributed by atoms with Gasteiger partial charge in [0.2, 0.25) is 0 Å². The van der Waals surface area contributed by atoms with Crippen LogP contribution in [0.25, 0.3) is 0 Å². The van der Waals surface area contributed by atoms with Crippen molar-refractivity contribution in [1.29, 1.82) is 0 Å². The van der Waals surface area contributed by atoms with Crippen LogP contribution in [0, 0.1) is 5.92 Å². The molecule has 1 aliphatic rings. The molecule has 3 heteroatoms. The number of nitrogen functional groups attached to an aromatic ring is 1. The van der Waals surface area contributed by atoms with Crippen LogP contribution in [0.5, 0.6) is 0 Å². The van der Waals surface area contributed by atoms with Gasteiger partial charge in [-0.3, -0.25) is 4.79 Å². The number of anilines is 1. The van der Waals surface area contributed by atoms with Gasteiger partial charge in [-0.2, -0.15) is 0 Å². The van der Waals surface area contributed by atoms with E-state index < -0.39 is 0 Å². The molecular formula is C12H18N2O. The molecule has 15 heavy (non-hydrogen) atoms. The molecule has 82 valence electrons. The number of nitrogens with two attached hydrogens (primary N) is 1. The molecule has 0 atom stereocenters. The number of pyridine rings is 1. The maximum Gasteiger partial charge on any atom is 0.273 e. The van der Waals surface area contributed by atoms with Crippen LogP contribution in [-0.2, 0) is 6.54 Å². The maximum atomic E-state index is 11.6. The van der Waals surface area contributed by atoms with Crippen LogP contribution < -0.4 is 11.3 Å². The Morgan fingerprint density at radius 2 is 2.13 bits per heavy atom. The first-order chi connectivity index (χ1) is 7.27. The highest BCUT2D eigenvalue weighted by atomic mass is 16.1. The van der Waals surface area contributed by atoms with Crippen molar-refractivity contribution < 1.29 is 0 Å². The van der Waals surface area contributed by atoms with Crippen LogP contribution in [0.15, 0.2) is 23.1 Å². The summed E-state index contributed by atoms with van der Waals surface area (Å²) in [4.78, 5) is 11.6. The minimum Gasteiger partial charge on any atom is -0.394 e. The lowest BCUT2D eigenvalue weighted by molar-refractivity contribution is 0.453. The van der Waals surface area contributed by atoms with E-state index in [1.54, 1.807) is 10.6 Å². The average Bonchev–Trinajstić information content (AvgIpc) is 2.73. The van der Waals surface area contributed by atoms with Gasteiger partial charge in [0.25, 0.3) is 5.56 Å². The van der Waals surface area contributed by atoms with Gasteiger partial charge in [-0.1, -0.05) is 25.7 Å². The Bertz CT molecular complexity index is 377. The summed E-state index contributed by atoms with van der Waals surface area (Å²) in [6, 6.07) is 3.50. The predicted octanol–water partition coefficient (Wildman–Crippen LogP) is 2.01. The van der Waals surface area contributed by atoms with E-state index in [1.165, 1.54) is 25.7 Å². The Labute approximate surface area is 89.9 Å². The molecule has 3 nitrogen and oxygen atoms in total. The molecule has 1 aliphatic carbocycles. The largest absolute Gasteiger partial charge is 0.394 e.